The topological polar surface area (TPSA) is 52.8 Å². The zero-order valence-corrected chi connectivity index (χ0v) is 18.8. The standard InChI is InChI=1S/C21H22N2O3S3/c1-14-3-5-15(6-4-14)28-13-20(24)22-21-23(7-10-27-2)16-11-17-18(12-19(16)29-21)26-9-8-25-17/h3-6,11-12H,7-10,13H2,1-2H3. The van der Waals surface area contributed by atoms with Crippen LogP contribution in [0.2, 0.25) is 0 Å². The summed E-state index contributed by atoms with van der Waals surface area (Å²) >= 11 is 4.81. The second kappa shape index (κ2) is 9.28. The number of rotatable bonds is 6. The molecule has 0 N–H and O–H groups in total. The fourth-order valence-corrected chi connectivity index (χ4v) is 5.14. The second-order valence-corrected chi connectivity index (χ2v) is 9.64. The zero-order chi connectivity index (χ0) is 20.2. The van der Waals surface area contributed by atoms with Crippen LogP contribution in [0.25, 0.3) is 10.2 Å². The Morgan fingerprint density at radius 3 is 2.62 bits per heavy atom. The number of nitrogens with zero attached hydrogens (tertiary/aromatic N) is 2. The van der Waals surface area contributed by atoms with Crippen LogP contribution in [-0.2, 0) is 11.3 Å². The van der Waals surface area contributed by atoms with Gasteiger partial charge in [-0.05, 0) is 25.3 Å². The number of aryl methyl sites for hydroxylation is 2. The van der Waals surface area contributed by atoms with Crippen LogP contribution in [0.15, 0.2) is 46.3 Å². The van der Waals surface area contributed by atoms with Crippen LogP contribution >= 0.6 is 34.9 Å². The minimum Gasteiger partial charge on any atom is -0.486 e. The van der Waals surface area contributed by atoms with Gasteiger partial charge in [-0.25, -0.2) is 0 Å². The molecule has 0 saturated heterocycles. The van der Waals surface area contributed by atoms with Crippen molar-refractivity contribution in [2.75, 3.05) is 31.0 Å². The Kier molecular flexibility index (Phi) is 6.52. The van der Waals surface area contributed by atoms with Crippen LogP contribution in [0.5, 0.6) is 11.5 Å². The minimum absolute atomic E-state index is 0.128. The molecule has 0 bridgehead atoms. The maximum absolute atomic E-state index is 12.6. The molecule has 8 heteroatoms. The van der Waals surface area contributed by atoms with Crippen molar-refractivity contribution in [3.63, 3.8) is 0 Å². The summed E-state index contributed by atoms with van der Waals surface area (Å²) in [5, 5.41) is 0. The van der Waals surface area contributed by atoms with E-state index in [0.29, 0.717) is 19.0 Å². The average molecular weight is 447 g/mol. The molecule has 1 amide bonds. The molecular formula is C21H22N2O3S3. The first-order valence-electron chi connectivity index (χ1n) is 9.33. The first-order valence-corrected chi connectivity index (χ1v) is 12.5. The van der Waals surface area contributed by atoms with E-state index in [1.807, 2.05) is 24.3 Å². The van der Waals surface area contributed by atoms with Gasteiger partial charge in [0.2, 0.25) is 0 Å². The van der Waals surface area contributed by atoms with Crippen molar-refractivity contribution < 1.29 is 14.3 Å². The molecule has 29 heavy (non-hydrogen) atoms. The molecule has 0 atom stereocenters. The van der Waals surface area contributed by atoms with Crippen molar-refractivity contribution in [3.05, 3.63) is 46.8 Å². The third-order valence-electron chi connectivity index (χ3n) is 4.47. The van der Waals surface area contributed by atoms with Gasteiger partial charge in [0.25, 0.3) is 5.91 Å². The van der Waals surface area contributed by atoms with E-state index in [1.54, 1.807) is 11.8 Å². The smallest absolute Gasteiger partial charge is 0.258 e. The number of benzene rings is 2. The molecule has 1 aromatic heterocycles. The van der Waals surface area contributed by atoms with Gasteiger partial charge in [-0.3, -0.25) is 4.79 Å². The summed E-state index contributed by atoms with van der Waals surface area (Å²) in [6, 6.07) is 12.2. The first kappa shape index (κ1) is 20.4. The summed E-state index contributed by atoms with van der Waals surface area (Å²) in [6.45, 7) is 3.96. The minimum atomic E-state index is -0.128. The molecule has 3 aromatic rings. The van der Waals surface area contributed by atoms with E-state index in [-0.39, 0.29) is 5.91 Å². The SMILES string of the molecule is CSCCn1c(=NC(=O)CSc2ccc(C)cc2)sc2cc3c(cc21)OCCO3. The van der Waals surface area contributed by atoms with E-state index in [0.717, 1.165) is 43.7 Å². The quantitative estimate of drug-likeness (QED) is 0.527. The Bertz CT molecular complexity index is 1090. The molecule has 5 nitrogen and oxygen atoms in total. The lowest BCUT2D eigenvalue weighted by molar-refractivity contribution is -0.115. The van der Waals surface area contributed by atoms with Gasteiger partial charge >= 0.3 is 0 Å². The highest BCUT2D eigenvalue weighted by atomic mass is 32.2. The fraction of sp³-hybridized carbons (Fsp3) is 0.333. The average Bonchev–Trinajstić information content (AvgIpc) is 3.05. The second-order valence-electron chi connectivity index (χ2n) is 6.60. The summed E-state index contributed by atoms with van der Waals surface area (Å²) in [4.78, 5) is 18.8. The highest BCUT2D eigenvalue weighted by Crippen LogP contribution is 2.35. The van der Waals surface area contributed by atoms with Gasteiger partial charge in [-0.1, -0.05) is 29.0 Å². The maximum atomic E-state index is 12.6. The summed E-state index contributed by atoms with van der Waals surface area (Å²) in [6.07, 6.45) is 2.08. The summed E-state index contributed by atoms with van der Waals surface area (Å²) in [5.41, 5.74) is 2.24. The summed E-state index contributed by atoms with van der Waals surface area (Å²) in [7, 11) is 0. The molecule has 2 heterocycles. The number of thiazole rings is 1. The van der Waals surface area contributed by atoms with Gasteiger partial charge in [-0.2, -0.15) is 16.8 Å². The molecule has 4 rings (SSSR count). The number of ether oxygens (including phenoxy) is 2. The van der Waals surface area contributed by atoms with Gasteiger partial charge < -0.3 is 14.0 Å². The number of carbonyl (C=O) groups excluding carboxylic acids is 1. The van der Waals surface area contributed by atoms with E-state index in [4.69, 9.17) is 9.47 Å². The number of hydrogen-bond acceptors (Lipinski definition) is 6. The monoisotopic (exact) mass is 446 g/mol. The van der Waals surface area contributed by atoms with E-state index in [2.05, 4.69) is 34.9 Å². The third kappa shape index (κ3) is 4.82. The van der Waals surface area contributed by atoms with Gasteiger partial charge in [0, 0.05) is 29.3 Å². The lowest BCUT2D eigenvalue weighted by Gasteiger charge is -2.18. The van der Waals surface area contributed by atoms with Crippen LogP contribution in [0.4, 0.5) is 0 Å². The third-order valence-corrected chi connectivity index (χ3v) is 7.10. The zero-order valence-electron chi connectivity index (χ0n) is 16.3. The fourth-order valence-electron chi connectivity index (χ4n) is 3.01. The van der Waals surface area contributed by atoms with E-state index in [9.17, 15) is 4.79 Å². The lowest BCUT2D eigenvalue weighted by Crippen LogP contribution is -2.19. The molecule has 0 radical (unpaired) electrons. The Morgan fingerprint density at radius 2 is 1.90 bits per heavy atom. The largest absolute Gasteiger partial charge is 0.486 e. The number of thioether (sulfide) groups is 2. The maximum Gasteiger partial charge on any atom is 0.258 e. The first-order chi connectivity index (χ1) is 14.1. The van der Waals surface area contributed by atoms with Gasteiger partial charge in [-0.15, -0.1) is 11.8 Å². The number of fused-ring (bicyclic) bond motifs is 2. The van der Waals surface area contributed by atoms with Gasteiger partial charge in [0.05, 0.1) is 16.0 Å². The number of aromatic nitrogens is 1. The van der Waals surface area contributed by atoms with Crippen LogP contribution in [0.3, 0.4) is 0 Å². The Labute approximate surface area is 182 Å². The number of amides is 1. The number of hydrogen-bond donors (Lipinski definition) is 0. The van der Waals surface area contributed by atoms with Crippen molar-refractivity contribution in [2.24, 2.45) is 4.99 Å². The predicted molar refractivity (Wildman–Crippen MR) is 122 cm³/mol. The molecular weight excluding hydrogens is 424 g/mol. The van der Waals surface area contributed by atoms with E-state index in [1.165, 1.54) is 28.7 Å². The van der Waals surface area contributed by atoms with Crippen molar-refractivity contribution in [1.29, 1.82) is 0 Å². The molecule has 0 spiro atoms. The molecule has 0 fully saturated rings. The van der Waals surface area contributed by atoms with E-state index < -0.39 is 0 Å². The molecule has 0 saturated carbocycles. The Morgan fingerprint density at radius 1 is 1.17 bits per heavy atom. The molecule has 1 aliphatic rings. The van der Waals surface area contributed by atoms with Gasteiger partial charge in [0.15, 0.2) is 16.3 Å². The summed E-state index contributed by atoms with van der Waals surface area (Å²) in [5.74, 6) is 2.65. The highest BCUT2D eigenvalue weighted by molar-refractivity contribution is 8.00. The molecule has 0 unspecified atom stereocenters. The van der Waals surface area contributed by atoms with Crippen molar-refractivity contribution in [2.45, 2.75) is 18.4 Å². The van der Waals surface area contributed by atoms with Crippen molar-refractivity contribution >= 4 is 51.0 Å². The highest BCUT2D eigenvalue weighted by Gasteiger charge is 2.16. The molecule has 2 aromatic carbocycles. The number of carbonyl (C=O) groups is 1. The predicted octanol–water partition coefficient (Wildman–Crippen LogP) is 4.37. The summed E-state index contributed by atoms with van der Waals surface area (Å²) < 4.78 is 14.6. The van der Waals surface area contributed by atoms with Crippen LogP contribution in [0, 0.1) is 6.92 Å². The van der Waals surface area contributed by atoms with Crippen molar-refractivity contribution in [1.82, 2.24) is 4.57 Å². The molecule has 1 aliphatic heterocycles. The van der Waals surface area contributed by atoms with Crippen LogP contribution < -0.4 is 14.3 Å². The Balaban J connectivity index is 1.63. The van der Waals surface area contributed by atoms with Crippen LogP contribution in [-0.4, -0.2) is 41.4 Å². The normalized spacial score (nSPS) is 13.8. The van der Waals surface area contributed by atoms with Gasteiger partial charge in [0.1, 0.15) is 13.2 Å². The molecule has 0 aliphatic carbocycles. The van der Waals surface area contributed by atoms with E-state index >= 15 is 0 Å². The molecule has 152 valence electrons. The van der Waals surface area contributed by atoms with Crippen molar-refractivity contribution in [3.8, 4) is 11.5 Å². The lowest BCUT2D eigenvalue weighted by atomic mass is 10.2. The Hall–Kier alpha value is -1.90. The van der Waals surface area contributed by atoms with Crippen LogP contribution in [0.1, 0.15) is 5.56 Å².